The van der Waals surface area contributed by atoms with Crippen LogP contribution in [0.4, 0.5) is 0 Å². The number of hydrogen-bond acceptors (Lipinski definition) is 1. The predicted octanol–water partition coefficient (Wildman–Crippen LogP) is 0.156. The highest BCUT2D eigenvalue weighted by atomic mass is 15.6. The Morgan fingerprint density at radius 2 is 2.38 bits per heavy atom. The lowest BCUT2D eigenvalue weighted by Crippen LogP contribution is -1.81. The van der Waals surface area contributed by atoms with E-state index in [1.807, 2.05) is 0 Å². The Labute approximate surface area is 44.5 Å². The van der Waals surface area contributed by atoms with Crippen molar-refractivity contribution in [2.45, 2.75) is 0 Å². The maximum Gasteiger partial charge on any atom is 0.384 e. The number of hydrogen-bond donors (Lipinski definition) is 0. The third-order valence-corrected chi connectivity index (χ3v) is 0.749. The van der Waals surface area contributed by atoms with Crippen molar-refractivity contribution in [1.29, 1.82) is 0 Å². The predicted molar refractivity (Wildman–Crippen MR) is 24.5 cm³/mol. The van der Waals surface area contributed by atoms with Crippen LogP contribution in [0.3, 0.4) is 0 Å². The van der Waals surface area contributed by atoms with Crippen LogP contribution < -0.4 is 0 Å². The van der Waals surface area contributed by atoms with Gasteiger partial charge in [0, 0.05) is 0 Å². The van der Waals surface area contributed by atoms with Gasteiger partial charge in [-0.05, 0) is 5.22 Å². The molecule has 0 aromatic carbocycles. The molecule has 1 saturated heterocycles. The fourth-order valence-electron chi connectivity index (χ4n) is 0.313. The normalized spacial score (nSPS) is 14.5. The van der Waals surface area contributed by atoms with Crippen molar-refractivity contribution in [3.8, 4) is 0 Å². The first kappa shape index (κ1) is 4.64. The van der Waals surface area contributed by atoms with Crippen molar-refractivity contribution in [2.75, 3.05) is 6.54 Å². The second-order valence-electron chi connectivity index (χ2n) is 1.25. The summed E-state index contributed by atoms with van der Waals surface area (Å²) in [6.07, 6.45) is 0. The lowest BCUT2D eigenvalue weighted by molar-refractivity contribution is -0.00536. The van der Waals surface area contributed by atoms with E-state index in [1.165, 1.54) is 5.01 Å². The minimum absolute atomic E-state index is 0.405. The zero-order chi connectivity index (χ0) is 5.98. The molecule has 0 atom stereocenters. The molecule has 1 fully saturated rings. The van der Waals surface area contributed by atoms with Crippen LogP contribution in [0.5, 0.6) is 0 Å². The Balaban J connectivity index is 2.61. The van der Waals surface area contributed by atoms with Crippen LogP contribution in [0.15, 0.2) is 5.22 Å². The van der Waals surface area contributed by atoms with E-state index >= 15 is 0 Å². The van der Waals surface area contributed by atoms with Crippen molar-refractivity contribution in [3.63, 3.8) is 0 Å². The fraction of sp³-hybridized carbons (Fsp3) is 0.500. The molecule has 0 unspecified atom stereocenters. The highest BCUT2D eigenvalue weighted by molar-refractivity contribution is 5.92. The van der Waals surface area contributed by atoms with Crippen molar-refractivity contribution >= 4 is 5.84 Å². The minimum Gasteiger partial charge on any atom is -0.497 e. The van der Waals surface area contributed by atoms with Crippen LogP contribution in [0.2, 0.25) is 0 Å². The maximum absolute atomic E-state index is 7.97. The Morgan fingerprint density at radius 3 is 2.75 bits per heavy atom. The average Bonchev–Trinajstić information content (AvgIpc) is 2.48. The van der Waals surface area contributed by atoms with Crippen molar-refractivity contribution < 1.29 is 4.79 Å². The van der Waals surface area contributed by atoms with Gasteiger partial charge in [0.2, 0.25) is 6.54 Å². The summed E-state index contributed by atoms with van der Waals surface area (Å²) in [7, 11) is 0. The van der Waals surface area contributed by atoms with Crippen LogP contribution in [-0.4, -0.2) is 22.2 Å². The van der Waals surface area contributed by atoms with E-state index in [2.05, 4.69) is 14.9 Å². The van der Waals surface area contributed by atoms with Crippen LogP contribution in [-0.2, 0) is 0 Å². The molecule has 0 bridgehead atoms. The number of rotatable bonds is 1. The first-order chi connectivity index (χ1) is 3.88. The fourth-order valence-corrected chi connectivity index (χ4v) is 0.313. The molecule has 0 radical (unpaired) electrons. The standard InChI is InChI=1S/C2H2N6/c3-5-2-1-8(2)7-6-4/h1H2. The van der Waals surface area contributed by atoms with Gasteiger partial charge in [-0.1, -0.05) is 0 Å². The molecule has 0 aliphatic carbocycles. The number of nitrogens with zero attached hydrogens (tertiary/aromatic N) is 6. The smallest absolute Gasteiger partial charge is 0.384 e. The summed E-state index contributed by atoms with van der Waals surface area (Å²) in [5.41, 5.74) is 15.7. The van der Waals surface area contributed by atoms with E-state index in [1.54, 1.807) is 0 Å². The average molecular weight is 110 g/mol. The third-order valence-electron chi connectivity index (χ3n) is 0.749. The molecule has 0 aromatic heterocycles. The Morgan fingerprint density at radius 1 is 1.62 bits per heavy atom. The van der Waals surface area contributed by atoms with E-state index in [4.69, 9.17) is 11.1 Å². The van der Waals surface area contributed by atoms with Crippen LogP contribution in [0.25, 0.3) is 16.0 Å². The lowest BCUT2D eigenvalue weighted by Gasteiger charge is -1.69. The van der Waals surface area contributed by atoms with Gasteiger partial charge in [-0.25, -0.2) is 0 Å². The van der Waals surface area contributed by atoms with Crippen molar-refractivity contribution in [1.82, 2.24) is 5.01 Å². The van der Waals surface area contributed by atoms with Gasteiger partial charge in [-0.15, -0.1) is 5.53 Å². The lowest BCUT2D eigenvalue weighted by atomic mass is 10.9. The van der Waals surface area contributed by atoms with Gasteiger partial charge in [-0.2, -0.15) is 9.92 Å². The molecule has 1 aliphatic heterocycles. The van der Waals surface area contributed by atoms with E-state index in [0.717, 1.165) is 0 Å². The molecule has 1 heterocycles. The topological polar surface area (TPSA) is 88.2 Å². The van der Waals surface area contributed by atoms with Gasteiger partial charge < -0.3 is 10.3 Å². The van der Waals surface area contributed by atoms with Gasteiger partial charge in [0.25, 0.3) is 0 Å². The largest absolute Gasteiger partial charge is 0.497 e. The summed E-state index contributed by atoms with van der Waals surface area (Å²) in [5.74, 6) is 0.405. The van der Waals surface area contributed by atoms with Crippen molar-refractivity contribution in [2.24, 2.45) is 5.22 Å². The summed E-state index contributed by atoms with van der Waals surface area (Å²) < 4.78 is 0. The highest BCUT2D eigenvalue weighted by Gasteiger charge is 2.38. The van der Waals surface area contributed by atoms with Crippen LogP contribution in [0.1, 0.15) is 0 Å². The third kappa shape index (κ3) is 0.607. The molecule has 6 nitrogen and oxygen atoms in total. The second kappa shape index (κ2) is 1.54. The van der Waals surface area contributed by atoms with E-state index in [9.17, 15) is 0 Å². The Bertz CT molecular complexity index is 193. The Kier molecular flexibility index (Phi) is 0.891. The van der Waals surface area contributed by atoms with Gasteiger partial charge in [0.05, 0.1) is 0 Å². The van der Waals surface area contributed by atoms with Gasteiger partial charge >= 0.3 is 5.84 Å². The molecule has 1 aliphatic rings. The second-order valence-corrected chi connectivity index (χ2v) is 1.25. The molecule has 0 N–H and O–H groups in total. The monoisotopic (exact) mass is 110 g/mol. The molecule has 1 rings (SSSR count). The molecular formula is C2H2N6. The summed E-state index contributed by atoms with van der Waals surface area (Å²) in [4.78, 5) is 5.23. The Hall–Kier alpha value is -1.51. The summed E-state index contributed by atoms with van der Waals surface area (Å²) >= 11 is 0. The van der Waals surface area contributed by atoms with E-state index in [-0.39, 0.29) is 0 Å². The van der Waals surface area contributed by atoms with Gasteiger partial charge in [0.1, 0.15) is 0 Å². The molecule has 0 aromatic rings. The van der Waals surface area contributed by atoms with Crippen molar-refractivity contribution in [3.05, 3.63) is 16.0 Å². The molecular weight excluding hydrogens is 108 g/mol. The van der Waals surface area contributed by atoms with Crippen LogP contribution in [0, 0.1) is 0 Å². The van der Waals surface area contributed by atoms with Gasteiger partial charge in [0.15, 0.2) is 0 Å². The molecule has 40 valence electrons. The SMILES string of the molecule is [N-]=[N+]=NN1CC1=[N+]=[N-]. The first-order valence-corrected chi connectivity index (χ1v) is 1.92. The summed E-state index contributed by atoms with van der Waals surface area (Å²) in [5, 5.41) is 4.35. The maximum atomic E-state index is 7.97. The number of amidine groups is 1. The van der Waals surface area contributed by atoms with E-state index < -0.39 is 0 Å². The number of azide groups is 1. The summed E-state index contributed by atoms with van der Waals surface area (Å²) in [6.45, 7) is 0.445. The zero-order valence-electron chi connectivity index (χ0n) is 3.89. The molecule has 0 amide bonds. The van der Waals surface area contributed by atoms with Crippen LogP contribution >= 0.6 is 0 Å². The molecule has 6 heteroatoms. The molecule has 0 spiro atoms. The first-order valence-electron chi connectivity index (χ1n) is 1.92. The summed E-state index contributed by atoms with van der Waals surface area (Å²) in [6, 6.07) is 0. The van der Waals surface area contributed by atoms with Gasteiger partial charge in [-0.3, -0.25) is 0 Å². The molecule has 8 heavy (non-hydrogen) atoms. The molecule has 0 saturated carbocycles. The minimum atomic E-state index is 0.405. The van der Waals surface area contributed by atoms with E-state index in [0.29, 0.717) is 12.4 Å². The quantitative estimate of drug-likeness (QED) is 0.204. The highest BCUT2D eigenvalue weighted by Crippen LogP contribution is 2.05. The zero-order valence-corrected chi connectivity index (χ0v) is 3.89.